The normalized spacial score (nSPS) is 12.2. The van der Waals surface area contributed by atoms with Gasteiger partial charge in [0.25, 0.3) is 5.91 Å². The zero-order valence-corrected chi connectivity index (χ0v) is 18.9. The van der Waals surface area contributed by atoms with Crippen molar-refractivity contribution in [1.29, 1.82) is 0 Å². The van der Waals surface area contributed by atoms with Crippen molar-refractivity contribution in [2.45, 2.75) is 25.8 Å². The lowest BCUT2D eigenvalue weighted by atomic mass is 10.2. The van der Waals surface area contributed by atoms with Crippen LogP contribution in [0.2, 0.25) is 0 Å². The number of sulfonamides is 1. The summed E-state index contributed by atoms with van der Waals surface area (Å²) in [6.07, 6.45) is 1.05. The number of nitrogens with one attached hydrogen (secondary N) is 3. The van der Waals surface area contributed by atoms with Gasteiger partial charge in [-0.25, -0.2) is 8.42 Å². The number of unbranched alkanes of at least 4 members (excludes halogenated alkanes) is 1. The fourth-order valence-electron chi connectivity index (χ4n) is 2.72. The number of benzene rings is 1. The van der Waals surface area contributed by atoms with E-state index in [0.29, 0.717) is 29.5 Å². The summed E-state index contributed by atoms with van der Waals surface area (Å²) in [5, 5.41) is 15.8. The summed E-state index contributed by atoms with van der Waals surface area (Å²) >= 11 is 0. The second kappa shape index (κ2) is 11.9. The largest absolute Gasteiger partial charge is 0.490 e. The van der Waals surface area contributed by atoms with E-state index in [1.54, 1.807) is 24.3 Å². The first kappa shape index (κ1) is 25.7. The molecule has 1 amide bonds. The van der Waals surface area contributed by atoms with Crippen molar-refractivity contribution >= 4 is 38.8 Å². The number of guanidine groups is 1. The number of oxime groups is 1. The number of rotatable bonds is 14. The second-order valence-electron chi connectivity index (χ2n) is 7.02. The highest BCUT2D eigenvalue weighted by atomic mass is 32.2. The number of hydrogen-bond acceptors (Lipinski definition) is 7. The Balaban J connectivity index is 1.96. The monoisotopic (exact) mass is 484 g/mol. The molecule has 0 fully saturated rings. The number of hydrogen-bond donors (Lipinski definition) is 6. The average molecular weight is 485 g/mol. The van der Waals surface area contributed by atoms with Crippen LogP contribution in [-0.2, 0) is 19.7 Å². The third-order valence-corrected chi connectivity index (χ3v) is 5.77. The zero-order valence-electron chi connectivity index (χ0n) is 18.0. The Kier molecular flexibility index (Phi) is 9.30. The third kappa shape index (κ3) is 8.50. The quantitative estimate of drug-likeness (QED) is 0.0894. The summed E-state index contributed by atoms with van der Waals surface area (Å²) in [6, 6.07) is 5.17. The van der Waals surface area contributed by atoms with Gasteiger partial charge in [0, 0.05) is 17.4 Å². The molecule has 0 saturated carbocycles. The summed E-state index contributed by atoms with van der Waals surface area (Å²) in [5.74, 6) is -1.84. The molecule has 1 heterocycles. The molecule has 0 saturated heterocycles. The van der Waals surface area contributed by atoms with Crippen molar-refractivity contribution in [3.05, 3.63) is 30.0 Å². The van der Waals surface area contributed by atoms with E-state index in [4.69, 9.17) is 21.0 Å². The maximum absolute atomic E-state index is 12.5. The van der Waals surface area contributed by atoms with Crippen LogP contribution in [0.5, 0.6) is 5.75 Å². The van der Waals surface area contributed by atoms with Crippen LogP contribution in [0.1, 0.15) is 30.3 Å². The Morgan fingerprint density at radius 1 is 1.24 bits per heavy atom. The highest BCUT2D eigenvalue weighted by Crippen LogP contribution is 2.21. The van der Waals surface area contributed by atoms with Crippen LogP contribution >= 0.6 is 0 Å². The topological polar surface area (TPSA) is 211 Å². The SMILES string of the molecule is CCCCS(=O)(=O)NC(CNC(=O)c1cc2cc(OCCON=C(N)N)ccc2[nH]1)C(=O)O. The molecule has 182 valence electrons. The number of nitrogens with two attached hydrogens (primary N) is 2. The van der Waals surface area contributed by atoms with Crippen LogP contribution in [0.3, 0.4) is 0 Å². The molecule has 2 rings (SSSR count). The van der Waals surface area contributed by atoms with Crippen LogP contribution in [0, 0.1) is 0 Å². The summed E-state index contributed by atoms with van der Waals surface area (Å²) in [6.45, 7) is 1.72. The number of H-pyrrole nitrogens is 1. The summed E-state index contributed by atoms with van der Waals surface area (Å²) in [5.41, 5.74) is 11.1. The smallest absolute Gasteiger partial charge is 0.323 e. The van der Waals surface area contributed by atoms with E-state index in [1.807, 2.05) is 6.92 Å². The highest BCUT2D eigenvalue weighted by molar-refractivity contribution is 7.89. The van der Waals surface area contributed by atoms with Crippen molar-refractivity contribution in [2.75, 3.05) is 25.5 Å². The van der Waals surface area contributed by atoms with Gasteiger partial charge in [-0.3, -0.25) is 9.59 Å². The first-order valence-corrected chi connectivity index (χ1v) is 11.7. The molecule has 1 unspecified atom stereocenters. The molecule has 1 aromatic heterocycles. The molecular formula is C19H28N6O7S. The van der Waals surface area contributed by atoms with Gasteiger partial charge in [0.05, 0.1) is 5.75 Å². The summed E-state index contributed by atoms with van der Waals surface area (Å²) < 4.78 is 31.6. The molecule has 0 radical (unpaired) electrons. The zero-order chi connectivity index (χ0) is 24.4. The maximum Gasteiger partial charge on any atom is 0.323 e. The average Bonchev–Trinajstić information content (AvgIpc) is 3.18. The molecule has 2 aromatic rings. The molecule has 0 spiro atoms. The van der Waals surface area contributed by atoms with Crippen LogP contribution < -0.4 is 26.2 Å². The number of aliphatic carboxylic acids is 1. The number of aromatic nitrogens is 1. The molecular weight excluding hydrogens is 456 g/mol. The Labute approximate surface area is 190 Å². The standard InChI is InChI=1S/C19H28N6O7S/c1-2-3-8-33(29,30)25-16(18(27)28)11-22-17(26)15-10-12-9-13(4-5-14(12)23-15)31-6-7-32-24-19(20)21/h4-5,9-10,16,23,25H,2-3,6-8,11H2,1H3,(H,22,26)(H,27,28)(H4,20,21,24). The van der Waals surface area contributed by atoms with E-state index < -0.39 is 34.5 Å². The van der Waals surface area contributed by atoms with E-state index in [9.17, 15) is 23.1 Å². The Hall–Kier alpha value is -3.52. The lowest BCUT2D eigenvalue weighted by molar-refractivity contribution is -0.138. The van der Waals surface area contributed by atoms with Gasteiger partial charge in [-0.15, -0.1) is 0 Å². The van der Waals surface area contributed by atoms with Gasteiger partial charge >= 0.3 is 5.97 Å². The van der Waals surface area contributed by atoms with Crippen molar-refractivity contribution in [3.63, 3.8) is 0 Å². The lowest BCUT2D eigenvalue weighted by Crippen LogP contribution is -2.49. The Morgan fingerprint density at radius 3 is 2.67 bits per heavy atom. The van der Waals surface area contributed by atoms with Gasteiger partial charge in [0.15, 0.2) is 6.61 Å². The number of carbonyl (C=O) groups excluding carboxylic acids is 1. The predicted octanol–water partition coefficient (Wildman–Crippen LogP) is -0.346. The minimum atomic E-state index is -3.77. The van der Waals surface area contributed by atoms with E-state index in [-0.39, 0.29) is 30.6 Å². The fraction of sp³-hybridized carbons (Fsp3) is 0.421. The summed E-state index contributed by atoms with van der Waals surface area (Å²) in [7, 11) is -3.77. The number of ether oxygens (including phenoxy) is 1. The van der Waals surface area contributed by atoms with E-state index >= 15 is 0 Å². The molecule has 0 aliphatic rings. The second-order valence-corrected chi connectivity index (χ2v) is 8.89. The molecule has 8 N–H and O–H groups in total. The van der Waals surface area contributed by atoms with Gasteiger partial charge in [0.1, 0.15) is 24.1 Å². The fourth-order valence-corrected chi connectivity index (χ4v) is 4.12. The van der Waals surface area contributed by atoms with E-state index in [2.05, 4.69) is 20.2 Å². The van der Waals surface area contributed by atoms with Gasteiger partial charge in [-0.05, 0) is 35.8 Å². The molecule has 33 heavy (non-hydrogen) atoms. The van der Waals surface area contributed by atoms with Crippen molar-refractivity contribution in [2.24, 2.45) is 16.6 Å². The van der Waals surface area contributed by atoms with Crippen molar-refractivity contribution < 1.29 is 32.7 Å². The maximum atomic E-state index is 12.5. The number of carboxylic acid groups (broad SMARTS) is 1. The molecule has 0 aliphatic heterocycles. The van der Waals surface area contributed by atoms with Crippen LogP contribution in [-0.4, -0.2) is 67.9 Å². The van der Waals surface area contributed by atoms with Crippen LogP contribution in [0.25, 0.3) is 10.9 Å². The van der Waals surface area contributed by atoms with E-state index in [1.165, 1.54) is 0 Å². The lowest BCUT2D eigenvalue weighted by Gasteiger charge is -2.15. The summed E-state index contributed by atoms with van der Waals surface area (Å²) in [4.78, 5) is 31.6. The highest BCUT2D eigenvalue weighted by Gasteiger charge is 2.24. The number of carbonyl (C=O) groups is 2. The van der Waals surface area contributed by atoms with Gasteiger partial charge in [-0.1, -0.05) is 13.3 Å². The molecule has 0 bridgehead atoms. The third-order valence-electron chi connectivity index (χ3n) is 4.30. The first-order valence-electron chi connectivity index (χ1n) is 10.1. The number of nitrogens with zero attached hydrogens (tertiary/aromatic N) is 1. The number of fused-ring (bicyclic) bond motifs is 1. The van der Waals surface area contributed by atoms with E-state index in [0.717, 1.165) is 0 Å². The Morgan fingerprint density at radius 2 is 2.00 bits per heavy atom. The minimum absolute atomic E-state index is 0.129. The molecule has 1 aromatic carbocycles. The number of carboxylic acids is 1. The minimum Gasteiger partial charge on any atom is -0.490 e. The van der Waals surface area contributed by atoms with Crippen molar-refractivity contribution in [1.82, 2.24) is 15.0 Å². The number of amides is 1. The predicted molar refractivity (Wildman–Crippen MR) is 121 cm³/mol. The van der Waals surface area contributed by atoms with Crippen LogP contribution in [0.15, 0.2) is 29.4 Å². The molecule has 1 atom stereocenters. The molecule has 0 aliphatic carbocycles. The van der Waals surface area contributed by atoms with Gasteiger partial charge in [-0.2, -0.15) is 4.72 Å². The first-order chi connectivity index (χ1) is 15.6. The van der Waals surface area contributed by atoms with Crippen LogP contribution in [0.4, 0.5) is 0 Å². The van der Waals surface area contributed by atoms with Gasteiger partial charge in [0.2, 0.25) is 16.0 Å². The molecule has 13 nitrogen and oxygen atoms in total. The van der Waals surface area contributed by atoms with Gasteiger partial charge < -0.3 is 36.4 Å². The molecule has 14 heteroatoms. The Bertz CT molecular complexity index is 1100. The van der Waals surface area contributed by atoms with Crippen molar-refractivity contribution in [3.8, 4) is 5.75 Å². The number of aromatic amines is 1.